The van der Waals surface area contributed by atoms with Crippen molar-refractivity contribution >= 4 is 23.2 Å². The van der Waals surface area contributed by atoms with Crippen molar-refractivity contribution in [2.45, 2.75) is 19.1 Å². The minimum atomic E-state index is -0.994. The monoisotopic (exact) mass is 220 g/mol. The number of halogens is 2. The van der Waals surface area contributed by atoms with Crippen LogP contribution in [-0.4, -0.2) is 16.3 Å². The lowest BCUT2D eigenvalue weighted by atomic mass is 10.1. The highest BCUT2D eigenvalue weighted by molar-refractivity contribution is 6.42. The normalized spacial score (nSPS) is 15.5. The van der Waals surface area contributed by atoms with Gasteiger partial charge in [0.05, 0.1) is 16.1 Å². The van der Waals surface area contributed by atoms with Crippen LogP contribution in [0.3, 0.4) is 0 Å². The van der Waals surface area contributed by atoms with Crippen molar-refractivity contribution in [2.75, 3.05) is 0 Å². The molecule has 0 aliphatic carbocycles. The van der Waals surface area contributed by atoms with Gasteiger partial charge < -0.3 is 10.2 Å². The van der Waals surface area contributed by atoms with Crippen molar-refractivity contribution in [1.82, 2.24) is 0 Å². The van der Waals surface area contributed by atoms with E-state index in [-0.39, 0.29) is 5.02 Å². The fraction of sp³-hybridized carbons (Fsp3) is 0.333. The molecule has 0 heterocycles. The Morgan fingerprint density at radius 3 is 2.38 bits per heavy atom. The maximum Gasteiger partial charge on any atom is 0.106 e. The van der Waals surface area contributed by atoms with Crippen LogP contribution in [0.4, 0.5) is 0 Å². The highest BCUT2D eigenvalue weighted by Gasteiger charge is 2.17. The lowest BCUT2D eigenvalue weighted by molar-refractivity contribution is 0.0306. The molecule has 1 aromatic carbocycles. The molecule has 0 bridgehead atoms. The van der Waals surface area contributed by atoms with Gasteiger partial charge in [-0.15, -0.1) is 0 Å². The summed E-state index contributed by atoms with van der Waals surface area (Å²) in [6.45, 7) is 1.49. The molecule has 0 aromatic heterocycles. The van der Waals surface area contributed by atoms with E-state index in [1.165, 1.54) is 6.92 Å². The van der Waals surface area contributed by atoms with E-state index in [0.717, 1.165) is 0 Å². The molecule has 72 valence electrons. The molecule has 0 spiro atoms. The molecule has 2 N–H and O–H groups in total. The first kappa shape index (κ1) is 10.8. The lowest BCUT2D eigenvalue weighted by Crippen LogP contribution is -2.14. The Labute approximate surface area is 86.7 Å². The fourth-order valence-electron chi connectivity index (χ4n) is 1.01. The molecule has 0 saturated heterocycles. The lowest BCUT2D eigenvalue weighted by Gasteiger charge is -2.15. The molecule has 1 unspecified atom stereocenters. The third-order valence-corrected chi connectivity index (χ3v) is 2.59. The number of benzene rings is 1. The maximum atomic E-state index is 9.51. The predicted molar refractivity (Wildman–Crippen MR) is 53.1 cm³/mol. The Balaban J connectivity index is 3.07. The molecule has 2 atom stereocenters. The average molecular weight is 221 g/mol. The van der Waals surface area contributed by atoms with Crippen LogP contribution in [-0.2, 0) is 0 Å². The van der Waals surface area contributed by atoms with Crippen LogP contribution in [0.15, 0.2) is 18.2 Å². The quantitative estimate of drug-likeness (QED) is 0.804. The summed E-state index contributed by atoms with van der Waals surface area (Å²) in [4.78, 5) is 0. The zero-order valence-corrected chi connectivity index (χ0v) is 8.55. The number of hydrogen-bond acceptors (Lipinski definition) is 2. The van der Waals surface area contributed by atoms with Crippen molar-refractivity contribution in [3.05, 3.63) is 33.8 Å². The minimum Gasteiger partial charge on any atom is -0.390 e. The molecule has 13 heavy (non-hydrogen) atoms. The van der Waals surface area contributed by atoms with Crippen LogP contribution in [0.1, 0.15) is 18.6 Å². The molecule has 0 radical (unpaired) electrons. The molecule has 0 amide bonds. The van der Waals surface area contributed by atoms with Crippen LogP contribution >= 0.6 is 23.2 Å². The second-order valence-electron chi connectivity index (χ2n) is 2.83. The number of aliphatic hydroxyl groups excluding tert-OH is 2. The van der Waals surface area contributed by atoms with Gasteiger partial charge in [-0.2, -0.15) is 0 Å². The highest BCUT2D eigenvalue weighted by Crippen LogP contribution is 2.30. The SMILES string of the molecule is C[C@@H](O)C(O)c1cccc(Cl)c1Cl. The molecule has 0 saturated carbocycles. The molecule has 0 aliphatic rings. The second-order valence-corrected chi connectivity index (χ2v) is 3.61. The van der Waals surface area contributed by atoms with Gasteiger partial charge >= 0.3 is 0 Å². The Morgan fingerprint density at radius 2 is 1.85 bits per heavy atom. The third kappa shape index (κ3) is 2.35. The van der Waals surface area contributed by atoms with E-state index in [9.17, 15) is 5.11 Å². The van der Waals surface area contributed by atoms with Crippen molar-refractivity contribution in [1.29, 1.82) is 0 Å². The second kappa shape index (κ2) is 4.29. The zero-order valence-electron chi connectivity index (χ0n) is 7.04. The van der Waals surface area contributed by atoms with Crippen LogP contribution in [0.5, 0.6) is 0 Å². The van der Waals surface area contributed by atoms with E-state index in [1.807, 2.05) is 0 Å². The summed E-state index contributed by atoms with van der Waals surface area (Å²) in [7, 11) is 0. The van der Waals surface area contributed by atoms with Crippen LogP contribution in [0, 0.1) is 0 Å². The summed E-state index contributed by atoms with van der Waals surface area (Å²) in [6.07, 6.45) is -1.86. The number of aliphatic hydroxyl groups is 2. The number of rotatable bonds is 2. The minimum absolute atomic E-state index is 0.289. The van der Waals surface area contributed by atoms with Gasteiger partial charge in [0.25, 0.3) is 0 Å². The van der Waals surface area contributed by atoms with E-state index in [0.29, 0.717) is 10.6 Å². The average Bonchev–Trinajstić information content (AvgIpc) is 2.08. The molecule has 2 nitrogen and oxygen atoms in total. The van der Waals surface area contributed by atoms with Gasteiger partial charge in [-0.05, 0) is 13.0 Å². The maximum absolute atomic E-state index is 9.51. The topological polar surface area (TPSA) is 40.5 Å². The Bertz CT molecular complexity index is 300. The van der Waals surface area contributed by atoms with Crippen molar-refractivity contribution in [3.8, 4) is 0 Å². The van der Waals surface area contributed by atoms with E-state index < -0.39 is 12.2 Å². The van der Waals surface area contributed by atoms with E-state index >= 15 is 0 Å². The summed E-state index contributed by atoms with van der Waals surface area (Å²) in [5.41, 5.74) is 0.448. The largest absolute Gasteiger partial charge is 0.390 e. The molecule has 1 rings (SSSR count). The van der Waals surface area contributed by atoms with Gasteiger partial charge in [-0.3, -0.25) is 0 Å². The van der Waals surface area contributed by atoms with Crippen LogP contribution < -0.4 is 0 Å². The standard InChI is InChI=1S/C9H10Cl2O2/c1-5(12)9(13)6-3-2-4-7(10)8(6)11/h2-5,9,12-13H,1H3/t5-,9?/m1/s1. The molecule has 1 aromatic rings. The summed E-state index contributed by atoms with van der Waals surface area (Å²) >= 11 is 11.6. The first-order valence-corrected chi connectivity index (χ1v) is 4.59. The van der Waals surface area contributed by atoms with E-state index in [4.69, 9.17) is 28.3 Å². The van der Waals surface area contributed by atoms with Gasteiger partial charge in [0.15, 0.2) is 0 Å². The van der Waals surface area contributed by atoms with Crippen molar-refractivity contribution in [3.63, 3.8) is 0 Å². The first-order chi connectivity index (χ1) is 6.04. The van der Waals surface area contributed by atoms with Gasteiger partial charge in [0, 0.05) is 5.56 Å². The van der Waals surface area contributed by atoms with E-state index in [2.05, 4.69) is 0 Å². The molecule has 4 heteroatoms. The summed E-state index contributed by atoms with van der Waals surface area (Å²) in [6, 6.07) is 4.93. The molecular weight excluding hydrogens is 211 g/mol. The van der Waals surface area contributed by atoms with Gasteiger partial charge in [-0.25, -0.2) is 0 Å². The van der Waals surface area contributed by atoms with Gasteiger partial charge in [0.1, 0.15) is 6.10 Å². The number of hydrogen-bond donors (Lipinski definition) is 2. The Kier molecular flexibility index (Phi) is 3.56. The zero-order chi connectivity index (χ0) is 10.0. The van der Waals surface area contributed by atoms with Gasteiger partial charge in [-0.1, -0.05) is 35.3 Å². The predicted octanol–water partition coefficient (Wildman–Crippen LogP) is 2.41. The van der Waals surface area contributed by atoms with Crippen molar-refractivity contribution < 1.29 is 10.2 Å². The summed E-state index contributed by atoms with van der Waals surface area (Å²) < 4.78 is 0. The Hall–Kier alpha value is -0.280. The molecule has 0 aliphatic heterocycles. The van der Waals surface area contributed by atoms with Crippen LogP contribution in [0.2, 0.25) is 10.0 Å². The molecular formula is C9H10Cl2O2. The smallest absolute Gasteiger partial charge is 0.106 e. The highest BCUT2D eigenvalue weighted by atomic mass is 35.5. The first-order valence-electron chi connectivity index (χ1n) is 3.84. The molecule has 0 fully saturated rings. The summed E-state index contributed by atoms with van der Waals surface area (Å²) in [5.74, 6) is 0. The third-order valence-electron chi connectivity index (χ3n) is 1.76. The fourth-order valence-corrected chi connectivity index (χ4v) is 1.43. The van der Waals surface area contributed by atoms with Crippen LogP contribution in [0.25, 0.3) is 0 Å². The summed E-state index contributed by atoms with van der Waals surface area (Å²) in [5, 5.41) is 19.3. The van der Waals surface area contributed by atoms with E-state index in [1.54, 1.807) is 18.2 Å². The van der Waals surface area contributed by atoms with Gasteiger partial charge in [0.2, 0.25) is 0 Å². The van der Waals surface area contributed by atoms with Crippen molar-refractivity contribution in [2.24, 2.45) is 0 Å². The Morgan fingerprint density at radius 1 is 1.23 bits per heavy atom.